The van der Waals surface area contributed by atoms with Crippen LogP contribution in [0.15, 0.2) is 27.7 Å². The minimum absolute atomic E-state index is 0.0811. The molecule has 0 aliphatic carbocycles. The summed E-state index contributed by atoms with van der Waals surface area (Å²) in [4.78, 5) is 3.97. The number of alkyl halides is 3. The summed E-state index contributed by atoms with van der Waals surface area (Å²) < 4.78 is 44.7. The third-order valence-electron chi connectivity index (χ3n) is 3.33. The van der Waals surface area contributed by atoms with Crippen molar-refractivity contribution in [2.45, 2.75) is 31.7 Å². The summed E-state index contributed by atoms with van der Waals surface area (Å²) in [7, 11) is 0. The van der Waals surface area contributed by atoms with E-state index in [-0.39, 0.29) is 24.2 Å². The fourth-order valence-electron chi connectivity index (χ4n) is 2.20. The molecule has 0 aromatic heterocycles. The number of hydrogen-bond acceptors (Lipinski definition) is 2. The van der Waals surface area contributed by atoms with Crippen molar-refractivity contribution in [2.75, 3.05) is 13.2 Å². The van der Waals surface area contributed by atoms with E-state index in [4.69, 9.17) is 10.5 Å². The van der Waals surface area contributed by atoms with Gasteiger partial charge in [-0.2, -0.15) is 13.2 Å². The van der Waals surface area contributed by atoms with Gasteiger partial charge in [-0.05, 0) is 30.5 Å². The maximum atomic E-state index is 13.0. The summed E-state index contributed by atoms with van der Waals surface area (Å²) in [6.07, 6.45) is -2.37. The number of guanidine groups is 1. The fourth-order valence-corrected chi connectivity index (χ4v) is 2.56. The zero-order chi connectivity index (χ0) is 16.2. The van der Waals surface area contributed by atoms with Crippen LogP contribution in [0.3, 0.4) is 0 Å². The second-order valence-electron chi connectivity index (χ2n) is 5.02. The molecule has 1 atom stereocenters. The van der Waals surface area contributed by atoms with E-state index >= 15 is 0 Å². The number of benzene rings is 1. The van der Waals surface area contributed by atoms with E-state index in [0.717, 1.165) is 25.5 Å². The maximum Gasteiger partial charge on any atom is 0.416 e. The Morgan fingerprint density at radius 1 is 1.45 bits per heavy atom. The molecular weight excluding hydrogens is 363 g/mol. The molecule has 8 heteroatoms. The molecule has 1 aliphatic rings. The number of rotatable bonds is 4. The molecule has 0 amide bonds. The number of nitrogens with two attached hydrogens (primary N) is 1. The van der Waals surface area contributed by atoms with E-state index in [2.05, 4.69) is 26.2 Å². The molecule has 0 spiro atoms. The van der Waals surface area contributed by atoms with E-state index < -0.39 is 11.7 Å². The van der Waals surface area contributed by atoms with Crippen LogP contribution in [-0.4, -0.2) is 25.2 Å². The molecule has 4 nitrogen and oxygen atoms in total. The molecule has 1 aliphatic heterocycles. The molecule has 1 saturated heterocycles. The summed E-state index contributed by atoms with van der Waals surface area (Å²) in [5.41, 5.74) is 5.05. The van der Waals surface area contributed by atoms with Crippen LogP contribution in [0.2, 0.25) is 0 Å². The van der Waals surface area contributed by atoms with Crippen molar-refractivity contribution in [3.63, 3.8) is 0 Å². The number of halogens is 4. The van der Waals surface area contributed by atoms with E-state index in [1.165, 1.54) is 6.07 Å². The van der Waals surface area contributed by atoms with Crippen molar-refractivity contribution in [3.05, 3.63) is 33.8 Å². The first-order valence-electron chi connectivity index (χ1n) is 6.87. The summed E-state index contributed by atoms with van der Waals surface area (Å²) >= 11 is 3.04. The van der Waals surface area contributed by atoms with Gasteiger partial charge in [-0.25, -0.2) is 4.99 Å². The van der Waals surface area contributed by atoms with Gasteiger partial charge in [-0.3, -0.25) is 0 Å². The summed E-state index contributed by atoms with van der Waals surface area (Å²) in [6.45, 7) is 1.12. The molecule has 122 valence electrons. The molecule has 1 heterocycles. The van der Waals surface area contributed by atoms with Crippen LogP contribution >= 0.6 is 15.9 Å². The first kappa shape index (κ1) is 17.1. The highest BCUT2D eigenvalue weighted by atomic mass is 79.9. The van der Waals surface area contributed by atoms with Gasteiger partial charge in [-0.1, -0.05) is 22.0 Å². The van der Waals surface area contributed by atoms with Crippen LogP contribution in [0.5, 0.6) is 0 Å². The third kappa shape index (κ3) is 4.88. The quantitative estimate of drug-likeness (QED) is 0.624. The van der Waals surface area contributed by atoms with Gasteiger partial charge >= 0.3 is 6.18 Å². The molecule has 3 N–H and O–H groups in total. The van der Waals surface area contributed by atoms with Crippen molar-refractivity contribution in [2.24, 2.45) is 10.7 Å². The van der Waals surface area contributed by atoms with E-state index in [0.29, 0.717) is 11.0 Å². The lowest BCUT2D eigenvalue weighted by Gasteiger charge is -2.13. The zero-order valence-electron chi connectivity index (χ0n) is 11.8. The van der Waals surface area contributed by atoms with Crippen molar-refractivity contribution >= 4 is 21.9 Å². The van der Waals surface area contributed by atoms with Crippen LogP contribution in [-0.2, 0) is 17.5 Å². The van der Waals surface area contributed by atoms with Gasteiger partial charge < -0.3 is 15.8 Å². The van der Waals surface area contributed by atoms with Crippen molar-refractivity contribution in [1.82, 2.24) is 5.32 Å². The summed E-state index contributed by atoms with van der Waals surface area (Å²) in [6, 6.07) is 3.99. The van der Waals surface area contributed by atoms with Gasteiger partial charge in [-0.15, -0.1) is 0 Å². The van der Waals surface area contributed by atoms with Gasteiger partial charge in [0, 0.05) is 17.6 Å². The lowest BCUT2D eigenvalue weighted by Crippen LogP contribution is -2.37. The van der Waals surface area contributed by atoms with Crippen LogP contribution in [0.4, 0.5) is 13.2 Å². The van der Waals surface area contributed by atoms with Crippen LogP contribution in [0.25, 0.3) is 0 Å². The van der Waals surface area contributed by atoms with Gasteiger partial charge in [0.15, 0.2) is 5.96 Å². The number of hydrogen-bond donors (Lipinski definition) is 2. The Hall–Kier alpha value is -1.28. The Morgan fingerprint density at radius 2 is 2.23 bits per heavy atom. The molecule has 1 aromatic rings. The molecule has 0 bridgehead atoms. The smallest absolute Gasteiger partial charge is 0.376 e. The van der Waals surface area contributed by atoms with E-state index in [9.17, 15) is 13.2 Å². The lowest BCUT2D eigenvalue weighted by molar-refractivity contribution is -0.138. The minimum Gasteiger partial charge on any atom is -0.376 e. The Balaban J connectivity index is 1.99. The van der Waals surface area contributed by atoms with Gasteiger partial charge in [0.05, 0.1) is 18.2 Å². The third-order valence-corrected chi connectivity index (χ3v) is 3.83. The second kappa shape index (κ2) is 7.32. The Kier molecular flexibility index (Phi) is 5.69. The molecule has 22 heavy (non-hydrogen) atoms. The first-order valence-corrected chi connectivity index (χ1v) is 7.66. The highest BCUT2D eigenvalue weighted by Crippen LogP contribution is 2.34. The number of nitrogens with one attached hydrogen (secondary N) is 1. The SMILES string of the molecule is NC(=NCc1ccc(Br)cc1C(F)(F)F)NCC1CCCO1. The zero-order valence-corrected chi connectivity index (χ0v) is 13.4. The van der Waals surface area contributed by atoms with E-state index in [1.54, 1.807) is 6.07 Å². The lowest BCUT2D eigenvalue weighted by atomic mass is 10.1. The molecular formula is C14H17BrF3N3O. The molecule has 1 fully saturated rings. The van der Waals surface area contributed by atoms with Crippen LogP contribution in [0.1, 0.15) is 24.0 Å². The number of ether oxygens (including phenoxy) is 1. The molecule has 1 aromatic carbocycles. The first-order chi connectivity index (χ1) is 10.4. The van der Waals surface area contributed by atoms with Crippen LogP contribution < -0.4 is 11.1 Å². The van der Waals surface area contributed by atoms with Crippen LogP contribution in [0, 0.1) is 0 Å². The summed E-state index contributed by atoms with van der Waals surface area (Å²) in [5, 5.41) is 2.88. The summed E-state index contributed by atoms with van der Waals surface area (Å²) in [5.74, 6) is 0.117. The van der Waals surface area contributed by atoms with Gasteiger partial charge in [0.1, 0.15) is 0 Å². The maximum absolute atomic E-state index is 13.0. The predicted octanol–water partition coefficient (Wildman–Crippen LogP) is 3.05. The van der Waals surface area contributed by atoms with Crippen molar-refractivity contribution in [1.29, 1.82) is 0 Å². The molecule has 2 rings (SSSR count). The highest BCUT2D eigenvalue weighted by Gasteiger charge is 2.33. The van der Waals surface area contributed by atoms with E-state index in [1.807, 2.05) is 0 Å². The second-order valence-corrected chi connectivity index (χ2v) is 5.93. The minimum atomic E-state index is -4.42. The predicted molar refractivity (Wildman–Crippen MR) is 81.4 cm³/mol. The molecule has 1 unspecified atom stereocenters. The van der Waals surface area contributed by atoms with Crippen molar-refractivity contribution < 1.29 is 17.9 Å². The number of aliphatic imine (C=N–C) groups is 1. The monoisotopic (exact) mass is 379 g/mol. The Bertz CT molecular complexity index is 543. The largest absolute Gasteiger partial charge is 0.416 e. The average Bonchev–Trinajstić information content (AvgIpc) is 2.96. The molecule has 0 radical (unpaired) electrons. The van der Waals surface area contributed by atoms with Gasteiger partial charge in [0.2, 0.25) is 0 Å². The molecule has 0 saturated carbocycles. The number of nitrogens with zero attached hydrogens (tertiary/aromatic N) is 1. The standard InChI is InChI=1S/C14H17BrF3N3O/c15-10-4-3-9(12(6-10)14(16,17)18)7-20-13(19)21-8-11-2-1-5-22-11/h3-4,6,11H,1-2,5,7-8H2,(H3,19,20,21). The normalized spacial score (nSPS) is 19.5. The van der Waals surface area contributed by atoms with Crippen molar-refractivity contribution in [3.8, 4) is 0 Å². The van der Waals surface area contributed by atoms with Gasteiger partial charge in [0.25, 0.3) is 0 Å². The highest BCUT2D eigenvalue weighted by molar-refractivity contribution is 9.10. The fraction of sp³-hybridized carbons (Fsp3) is 0.500. The Labute approximate surface area is 135 Å². The average molecular weight is 380 g/mol. The Morgan fingerprint density at radius 3 is 2.86 bits per heavy atom. The topological polar surface area (TPSA) is 59.6 Å².